The Morgan fingerprint density at radius 2 is 1.97 bits per heavy atom. The third-order valence-electron chi connectivity index (χ3n) is 5.31. The molecule has 0 amide bonds. The Morgan fingerprint density at radius 3 is 2.73 bits per heavy atom. The molecule has 0 bridgehead atoms. The van der Waals surface area contributed by atoms with Crippen molar-refractivity contribution in [2.45, 2.75) is 39.2 Å². The lowest BCUT2D eigenvalue weighted by Gasteiger charge is -2.31. The van der Waals surface area contributed by atoms with E-state index < -0.39 is 0 Å². The van der Waals surface area contributed by atoms with Gasteiger partial charge in [0.25, 0.3) is 0 Å². The summed E-state index contributed by atoms with van der Waals surface area (Å²) in [6.45, 7) is 6.24. The molecule has 2 N–H and O–H groups in total. The molecule has 154 valence electrons. The van der Waals surface area contributed by atoms with Crippen LogP contribution in [-0.2, 0) is 0 Å². The van der Waals surface area contributed by atoms with Crippen LogP contribution in [0.3, 0.4) is 0 Å². The number of phenolic OH excluding ortho intramolecular Hbond substituents is 2. The Hall–Kier alpha value is -3.47. The van der Waals surface area contributed by atoms with Crippen molar-refractivity contribution < 1.29 is 19.4 Å². The summed E-state index contributed by atoms with van der Waals surface area (Å²) in [5.74, 6) is 0.285. The molecule has 0 radical (unpaired) electrons. The predicted octanol–water partition coefficient (Wildman–Crippen LogP) is 5.78. The Morgan fingerprint density at radius 1 is 1.17 bits per heavy atom. The highest BCUT2D eigenvalue weighted by atomic mass is 16.5. The summed E-state index contributed by atoms with van der Waals surface area (Å²) < 4.78 is 11.7. The first-order chi connectivity index (χ1) is 14.3. The van der Waals surface area contributed by atoms with Gasteiger partial charge in [0.05, 0.1) is 5.56 Å². The van der Waals surface area contributed by atoms with Gasteiger partial charge in [-0.3, -0.25) is 4.79 Å². The van der Waals surface area contributed by atoms with Gasteiger partial charge in [-0.25, -0.2) is 0 Å². The fraction of sp³-hybridized carbons (Fsp3) is 0.240. The molecule has 1 atom stereocenters. The zero-order valence-corrected chi connectivity index (χ0v) is 17.2. The molecule has 1 aliphatic rings. The number of hydrogen-bond acceptors (Lipinski definition) is 5. The van der Waals surface area contributed by atoms with Crippen molar-refractivity contribution >= 4 is 17.0 Å². The van der Waals surface area contributed by atoms with E-state index in [0.29, 0.717) is 11.1 Å². The molecule has 0 saturated heterocycles. The van der Waals surface area contributed by atoms with Gasteiger partial charge in [0.2, 0.25) is 5.43 Å². The number of allylic oxidation sites excluding steroid dienone is 2. The Kier molecular flexibility index (Phi) is 4.90. The molecule has 2 heterocycles. The van der Waals surface area contributed by atoms with Crippen LogP contribution in [0.4, 0.5) is 0 Å². The summed E-state index contributed by atoms with van der Waals surface area (Å²) in [6.07, 6.45) is 9.43. The van der Waals surface area contributed by atoms with Gasteiger partial charge in [-0.2, -0.15) is 0 Å². The molecule has 4 rings (SSSR count). The second-order valence-corrected chi connectivity index (χ2v) is 8.14. The number of rotatable bonds is 4. The molecular weight excluding hydrogens is 380 g/mol. The van der Waals surface area contributed by atoms with Crippen LogP contribution in [-0.4, -0.2) is 15.8 Å². The Balaban J connectivity index is 1.68. The molecule has 3 aromatic rings. The molecular formula is C25H24O5. The van der Waals surface area contributed by atoms with Crippen LogP contribution in [0.2, 0.25) is 0 Å². The third-order valence-corrected chi connectivity index (χ3v) is 5.31. The first kappa shape index (κ1) is 19.8. The average molecular weight is 404 g/mol. The van der Waals surface area contributed by atoms with E-state index in [1.807, 2.05) is 24.3 Å². The van der Waals surface area contributed by atoms with E-state index >= 15 is 0 Å². The van der Waals surface area contributed by atoms with E-state index in [2.05, 4.69) is 32.9 Å². The van der Waals surface area contributed by atoms with Crippen LogP contribution in [0.1, 0.15) is 39.2 Å². The van der Waals surface area contributed by atoms with E-state index in [4.69, 9.17) is 9.15 Å². The fourth-order valence-corrected chi connectivity index (χ4v) is 3.69. The third kappa shape index (κ3) is 3.71. The summed E-state index contributed by atoms with van der Waals surface area (Å²) in [5.41, 5.74) is 2.56. The molecule has 0 aliphatic carbocycles. The largest absolute Gasteiger partial charge is 0.508 e. The van der Waals surface area contributed by atoms with Crippen molar-refractivity contribution in [1.29, 1.82) is 0 Å². The van der Waals surface area contributed by atoms with Crippen molar-refractivity contribution in [3.63, 3.8) is 0 Å². The van der Waals surface area contributed by atoms with E-state index in [1.165, 1.54) is 17.9 Å². The van der Waals surface area contributed by atoms with Crippen LogP contribution in [0.15, 0.2) is 63.5 Å². The second kappa shape index (κ2) is 7.41. The number of aromatic hydroxyl groups is 2. The minimum atomic E-state index is -0.379. The number of phenols is 2. The average Bonchev–Trinajstić information content (AvgIpc) is 2.67. The van der Waals surface area contributed by atoms with E-state index in [-0.39, 0.29) is 33.5 Å². The lowest BCUT2D eigenvalue weighted by atomic mass is 9.93. The van der Waals surface area contributed by atoms with Gasteiger partial charge in [0, 0.05) is 17.7 Å². The lowest BCUT2D eigenvalue weighted by molar-refractivity contribution is 0.129. The Labute approximate surface area is 174 Å². The highest BCUT2D eigenvalue weighted by molar-refractivity contribution is 5.88. The predicted molar refractivity (Wildman–Crippen MR) is 118 cm³/mol. The topological polar surface area (TPSA) is 79.9 Å². The second-order valence-electron chi connectivity index (χ2n) is 8.14. The molecule has 0 unspecified atom stereocenters. The molecule has 2 aromatic carbocycles. The first-order valence-corrected chi connectivity index (χ1v) is 9.89. The molecule has 5 nitrogen and oxygen atoms in total. The maximum atomic E-state index is 12.9. The monoisotopic (exact) mass is 404 g/mol. The zero-order valence-electron chi connectivity index (χ0n) is 17.2. The standard InChI is InChI=1S/C25H24O5/c1-15(2)5-4-9-25(3)10-8-17-11-16(6-7-21(17)30-25)19-14-29-22-13-18(26)12-20(27)23(22)24(19)28/h5-8,10-14,26-27H,4,9H2,1-3H3/t25-/m0/s1. The highest BCUT2D eigenvalue weighted by Gasteiger charge is 2.27. The summed E-state index contributed by atoms with van der Waals surface area (Å²) >= 11 is 0. The lowest BCUT2D eigenvalue weighted by Crippen LogP contribution is -2.31. The van der Waals surface area contributed by atoms with Crippen molar-refractivity contribution in [3.05, 3.63) is 70.1 Å². The van der Waals surface area contributed by atoms with Crippen LogP contribution >= 0.6 is 0 Å². The SMILES string of the molecule is CC(C)=CCC[C@@]1(C)C=Cc2cc(-c3coc4cc(O)cc(O)c4c3=O)ccc2O1. The maximum Gasteiger partial charge on any atom is 0.204 e. The van der Waals surface area contributed by atoms with Gasteiger partial charge >= 0.3 is 0 Å². The molecule has 30 heavy (non-hydrogen) atoms. The summed E-state index contributed by atoms with van der Waals surface area (Å²) in [7, 11) is 0. The van der Waals surface area contributed by atoms with E-state index in [1.54, 1.807) is 0 Å². The normalized spacial score (nSPS) is 17.4. The number of hydrogen-bond donors (Lipinski definition) is 2. The summed E-state index contributed by atoms with van der Waals surface area (Å²) in [6, 6.07) is 7.97. The number of benzene rings is 2. The first-order valence-electron chi connectivity index (χ1n) is 9.89. The minimum absolute atomic E-state index is 0.0432. The number of fused-ring (bicyclic) bond motifs is 2. The van der Waals surface area contributed by atoms with Crippen LogP contribution < -0.4 is 10.2 Å². The van der Waals surface area contributed by atoms with Gasteiger partial charge in [0.1, 0.15) is 40.1 Å². The highest BCUT2D eigenvalue weighted by Crippen LogP contribution is 2.36. The van der Waals surface area contributed by atoms with E-state index in [9.17, 15) is 15.0 Å². The van der Waals surface area contributed by atoms with Crippen molar-refractivity contribution in [1.82, 2.24) is 0 Å². The van der Waals surface area contributed by atoms with Crippen LogP contribution in [0.25, 0.3) is 28.2 Å². The summed E-state index contributed by atoms with van der Waals surface area (Å²) in [5, 5.41) is 19.7. The van der Waals surface area contributed by atoms with Gasteiger partial charge < -0.3 is 19.4 Å². The fourth-order valence-electron chi connectivity index (χ4n) is 3.69. The van der Waals surface area contributed by atoms with Crippen molar-refractivity contribution in [2.75, 3.05) is 0 Å². The quantitative estimate of drug-likeness (QED) is 0.539. The molecule has 0 saturated carbocycles. The zero-order chi connectivity index (χ0) is 21.5. The van der Waals surface area contributed by atoms with E-state index in [0.717, 1.165) is 30.2 Å². The molecule has 1 aromatic heterocycles. The van der Waals surface area contributed by atoms with Crippen molar-refractivity contribution in [2.24, 2.45) is 0 Å². The van der Waals surface area contributed by atoms with Crippen LogP contribution in [0, 0.1) is 0 Å². The number of ether oxygens (including phenoxy) is 1. The van der Waals surface area contributed by atoms with Crippen molar-refractivity contribution in [3.8, 4) is 28.4 Å². The summed E-state index contributed by atoms with van der Waals surface area (Å²) in [4.78, 5) is 12.9. The molecule has 0 fully saturated rings. The minimum Gasteiger partial charge on any atom is -0.508 e. The van der Waals surface area contributed by atoms with Gasteiger partial charge in [-0.1, -0.05) is 23.8 Å². The van der Waals surface area contributed by atoms with Gasteiger partial charge in [-0.05, 0) is 57.4 Å². The van der Waals surface area contributed by atoms with Crippen LogP contribution in [0.5, 0.6) is 17.2 Å². The Bertz CT molecular complexity index is 1240. The smallest absolute Gasteiger partial charge is 0.204 e. The molecule has 1 aliphatic heterocycles. The van der Waals surface area contributed by atoms with Gasteiger partial charge in [0.15, 0.2) is 0 Å². The molecule has 5 heteroatoms. The molecule has 0 spiro atoms. The van der Waals surface area contributed by atoms with Gasteiger partial charge in [-0.15, -0.1) is 0 Å². The maximum absolute atomic E-state index is 12.9.